The molecular weight excluding hydrogens is 436 g/mol. The fourth-order valence-electron chi connectivity index (χ4n) is 3.77. The summed E-state index contributed by atoms with van der Waals surface area (Å²) in [5.41, 5.74) is -0.642. The first-order valence-electron chi connectivity index (χ1n) is 9.35. The first-order valence-corrected chi connectivity index (χ1v) is 9.73. The molecule has 0 saturated carbocycles. The Hall–Kier alpha value is -2.60. The third-order valence-electron chi connectivity index (χ3n) is 5.38. The summed E-state index contributed by atoms with van der Waals surface area (Å²) in [7, 11) is 0. The van der Waals surface area contributed by atoms with Gasteiger partial charge in [0.05, 0.1) is 6.61 Å². The fraction of sp³-hybridized carbons (Fsp3) is 0.350. The first-order chi connectivity index (χ1) is 14.9. The SMILES string of the molecule is O=c1oc2c(Cl)c(O[C@@H]3O[C@H](CO)[C@@H](O)[C@H](O)[C@H]3O)ccc2c2ccc3c(c12)OCO3. The second-order valence-corrected chi connectivity index (χ2v) is 7.56. The zero-order chi connectivity index (χ0) is 21.9. The molecule has 2 aliphatic heterocycles. The summed E-state index contributed by atoms with van der Waals surface area (Å²) in [6.07, 6.45) is -7.33. The molecule has 0 bridgehead atoms. The summed E-state index contributed by atoms with van der Waals surface area (Å²) in [5, 5.41) is 40.5. The van der Waals surface area contributed by atoms with Crippen LogP contribution in [0.3, 0.4) is 0 Å². The maximum Gasteiger partial charge on any atom is 0.348 e. The largest absolute Gasteiger partial charge is 0.460 e. The summed E-state index contributed by atoms with van der Waals surface area (Å²) in [6, 6.07) is 6.45. The highest BCUT2D eigenvalue weighted by atomic mass is 35.5. The van der Waals surface area contributed by atoms with Crippen LogP contribution in [0.5, 0.6) is 17.2 Å². The van der Waals surface area contributed by atoms with Crippen molar-refractivity contribution in [2.45, 2.75) is 30.7 Å². The van der Waals surface area contributed by atoms with Gasteiger partial charge >= 0.3 is 5.63 Å². The average Bonchev–Trinajstić information content (AvgIpc) is 3.25. The topological polar surface area (TPSA) is 148 Å². The molecule has 1 aromatic heterocycles. The van der Waals surface area contributed by atoms with Crippen LogP contribution in [0.25, 0.3) is 21.7 Å². The van der Waals surface area contributed by atoms with E-state index in [9.17, 15) is 25.2 Å². The fourth-order valence-corrected chi connectivity index (χ4v) is 4.02. The molecule has 0 spiro atoms. The summed E-state index contributed by atoms with van der Waals surface area (Å²) in [6.45, 7) is -0.605. The Morgan fingerprint density at radius 1 is 1.03 bits per heavy atom. The number of benzene rings is 2. The van der Waals surface area contributed by atoms with Gasteiger partial charge in [0.2, 0.25) is 13.1 Å². The molecule has 2 aliphatic rings. The molecule has 5 rings (SSSR count). The monoisotopic (exact) mass is 452 g/mol. The van der Waals surface area contributed by atoms with Crippen LogP contribution in [0.4, 0.5) is 0 Å². The van der Waals surface area contributed by atoms with Crippen LogP contribution in [0, 0.1) is 0 Å². The molecule has 0 amide bonds. The van der Waals surface area contributed by atoms with Gasteiger partial charge in [0, 0.05) is 10.8 Å². The molecule has 3 heterocycles. The lowest BCUT2D eigenvalue weighted by atomic mass is 9.99. The lowest BCUT2D eigenvalue weighted by molar-refractivity contribution is -0.277. The summed E-state index contributed by atoms with van der Waals surface area (Å²) in [4.78, 5) is 12.7. The number of aliphatic hydroxyl groups is 4. The Bertz CT molecular complexity index is 1220. The smallest absolute Gasteiger partial charge is 0.348 e. The molecule has 10 nitrogen and oxygen atoms in total. The minimum atomic E-state index is -1.62. The van der Waals surface area contributed by atoms with Crippen LogP contribution in [0.1, 0.15) is 0 Å². The van der Waals surface area contributed by atoms with Crippen LogP contribution in [0.2, 0.25) is 5.02 Å². The number of rotatable bonds is 3. The van der Waals surface area contributed by atoms with Gasteiger partial charge in [0.15, 0.2) is 17.1 Å². The van der Waals surface area contributed by atoms with Crippen molar-refractivity contribution in [3.8, 4) is 17.2 Å². The standard InChI is InChI=1S/C20H17ClO10/c21-13-9(29-20-16(25)15(24)14(23)11(5-22)30-20)3-2-8-7-1-4-10-18(28-6-27-10)12(7)19(26)31-17(8)13/h1-4,11,14-16,20,22-25H,5-6H2/t11-,14-,15+,16-,20-/m1/s1. The molecule has 1 saturated heterocycles. The molecule has 3 aromatic rings. The third-order valence-corrected chi connectivity index (χ3v) is 5.74. The van der Waals surface area contributed by atoms with E-state index in [1.54, 1.807) is 18.2 Å². The van der Waals surface area contributed by atoms with E-state index in [1.807, 2.05) is 0 Å². The number of hydrogen-bond donors (Lipinski definition) is 4. The highest BCUT2D eigenvalue weighted by molar-refractivity contribution is 6.37. The maximum absolute atomic E-state index is 12.7. The van der Waals surface area contributed by atoms with Crippen molar-refractivity contribution in [2.24, 2.45) is 0 Å². The van der Waals surface area contributed by atoms with Crippen molar-refractivity contribution in [1.82, 2.24) is 0 Å². The summed E-state index contributed by atoms with van der Waals surface area (Å²) < 4.78 is 27.1. The van der Waals surface area contributed by atoms with E-state index in [0.717, 1.165) is 0 Å². The number of aliphatic hydroxyl groups excluding tert-OH is 4. The molecule has 11 heteroatoms. The lowest BCUT2D eigenvalue weighted by Gasteiger charge is -2.39. The van der Waals surface area contributed by atoms with E-state index in [4.69, 9.17) is 35.0 Å². The van der Waals surface area contributed by atoms with Crippen molar-refractivity contribution in [1.29, 1.82) is 0 Å². The molecule has 5 atom stereocenters. The Balaban J connectivity index is 1.57. The van der Waals surface area contributed by atoms with E-state index in [-0.39, 0.29) is 28.5 Å². The number of halogens is 1. The van der Waals surface area contributed by atoms with Gasteiger partial charge in [-0.25, -0.2) is 4.79 Å². The number of hydrogen-bond acceptors (Lipinski definition) is 10. The Labute approximate surface area is 178 Å². The van der Waals surface area contributed by atoms with Gasteiger partial charge in [-0.1, -0.05) is 11.6 Å². The molecule has 31 heavy (non-hydrogen) atoms. The van der Waals surface area contributed by atoms with Gasteiger partial charge in [0.25, 0.3) is 0 Å². The second kappa shape index (κ2) is 7.52. The van der Waals surface area contributed by atoms with Crippen molar-refractivity contribution in [3.05, 3.63) is 39.7 Å². The molecular formula is C20H17ClO10. The quantitative estimate of drug-likeness (QED) is 0.327. The first kappa shape index (κ1) is 20.3. The Morgan fingerprint density at radius 3 is 2.58 bits per heavy atom. The maximum atomic E-state index is 12.7. The van der Waals surface area contributed by atoms with Crippen molar-refractivity contribution >= 4 is 33.3 Å². The summed E-state index contributed by atoms with van der Waals surface area (Å²) >= 11 is 6.42. The van der Waals surface area contributed by atoms with E-state index >= 15 is 0 Å². The molecule has 164 valence electrons. The van der Waals surface area contributed by atoms with E-state index in [2.05, 4.69) is 0 Å². The zero-order valence-corrected chi connectivity index (χ0v) is 16.5. The molecule has 1 fully saturated rings. The van der Waals surface area contributed by atoms with Gasteiger partial charge in [-0.15, -0.1) is 0 Å². The van der Waals surface area contributed by atoms with Crippen molar-refractivity contribution < 1.29 is 43.8 Å². The normalized spacial score (nSPS) is 27.7. The molecule has 2 aromatic carbocycles. The van der Waals surface area contributed by atoms with Crippen LogP contribution < -0.4 is 19.8 Å². The van der Waals surface area contributed by atoms with E-state index < -0.39 is 42.9 Å². The minimum absolute atomic E-state index is 0.00143. The van der Waals surface area contributed by atoms with Crippen LogP contribution in [0.15, 0.2) is 33.5 Å². The predicted molar refractivity (Wildman–Crippen MR) is 106 cm³/mol. The zero-order valence-electron chi connectivity index (χ0n) is 15.7. The van der Waals surface area contributed by atoms with Gasteiger partial charge in [0.1, 0.15) is 40.6 Å². The Morgan fingerprint density at radius 2 is 1.81 bits per heavy atom. The number of ether oxygens (including phenoxy) is 4. The predicted octanol–water partition coefficient (Wildman–Crippen LogP) is 0.507. The van der Waals surface area contributed by atoms with Gasteiger partial charge in [-0.2, -0.15) is 0 Å². The van der Waals surface area contributed by atoms with Gasteiger partial charge in [-0.05, 0) is 24.3 Å². The van der Waals surface area contributed by atoms with Crippen LogP contribution >= 0.6 is 11.6 Å². The Kier molecular flexibility index (Phi) is 4.93. The lowest BCUT2D eigenvalue weighted by Crippen LogP contribution is -2.60. The molecule has 4 N–H and O–H groups in total. The third kappa shape index (κ3) is 3.11. The molecule has 0 unspecified atom stereocenters. The number of fused-ring (bicyclic) bond motifs is 5. The van der Waals surface area contributed by atoms with Crippen LogP contribution in [-0.2, 0) is 4.74 Å². The molecule has 0 radical (unpaired) electrons. The van der Waals surface area contributed by atoms with Gasteiger partial charge in [-0.3, -0.25) is 0 Å². The highest BCUT2D eigenvalue weighted by Crippen LogP contribution is 2.42. The van der Waals surface area contributed by atoms with Crippen LogP contribution in [-0.4, -0.2) is 64.5 Å². The second-order valence-electron chi connectivity index (χ2n) is 7.18. The minimum Gasteiger partial charge on any atom is -0.460 e. The van der Waals surface area contributed by atoms with E-state index in [1.165, 1.54) is 6.07 Å². The molecule has 0 aliphatic carbocycles. The average molecular weight is 453 g/mol. The van der Waals surface area contributed by atoms with Gasteiger partial charge < -0.3 is 43.8 Å². The summed E-state index contributed by atoms with van der Waals surface area (Å²) in [5.74, 6) is 0.737. The van der Waals surface area contributed by atoms with Crippen molar-refractivity contribution in [2.75, 3.05) is 13.4 Å². The highest BCUT2D eigenvalue weighted by Gasteiger charge is 2.45. The van der Waals surface area contributed by atoms with E-state index in [0.29, 0.717) is 22.3 Å². The van der Waals surface area contributed by atoms with Crippen molar-refractivity contribution in [3.63, 3.8) is 0 Å².